The first kappa shape index (κ1) is 10.4. The summed E-state index contributed by atoms with van der Waals surface area (Å²) in [6.07, 6.45) is 1.57. The third-order valence-corrected chi connectivity index (χ3v) is 2.33. The lowest BCUT2D eigenvalue weighted by atomic mass is 10.0. The van der Waals surface area contributed by atoms with Crippen molar-refractivity contribution in [3.63, 3.8) is 0 Å². The Balaban J connectivity index is 2.44. The zero-order valence-electron chi connectivity index (χ0n) is 8.97. The van der Waals surface area contributed by atoms with Gasteiger partial charge in [0.2, 0.25) is 5.78 Å². The van der Waals surface area contributed by atoms with Gasteiger partial charge in [-0.05, 0) is 25.1 Å². The fourth-order valence-electron chi connectivity index (χ4n) is 1.53. The Morgan fingerprint density at radius 1 is 1.25 bits per heavy atom. The maximum atomic E-state index is 12.1. The molecule has 2 N–H and O–H groups in total. The van der Waals surface area contributed by atoms with Crippen LogP contribution in [0, 0.1) is 6.92 Å². The van der Waals surface area contributed by atoms with E-state index in [1.54, 1.807) is 24.4 Å². The highest BCUT2D eigenvalue weighted by atomic mass is 16.1. The Hall–Kier alpha value is -2.16. The number of ketones is 1. The van der Waals surface area contributed by atoms with Gasteiger partial charge in [0.15, 0.2) is 0 Å². The van der Waals surface area contributed by atoms with Crippen molar-refractivity contribution in [1.82, 2.24) is 4.98 Å². The number of hydrogen-bond acceptors (Lipinski definition) is 3. The van der Waals surface area contributed by atoms with Gasteiger partial charge in [0, 0.05) is 11.8 Å². The van der Waals surface area contributed by atoms with E-state index in [9.17, 15) is 4.79 Å². The van der Waals surface area contributed by atoms with Crippen molar-refractivity contribution in [3.8, 4) is 0 Å². The molecule has 1 aromatic carbocycles. The zero-order chi connectivity index (χ0) is 11.5. The fraction of sp³-hybridized carbons (Fsp3) is 0.0769. The highest BCUT2D eigenvalue weighted by molar-refractivity contribution is 6.10. The van der Waals surface area contributed by atoms with Crippen LogP contribution >= 0.6 is 0 Å². The van der Waals surface area contributed by atoms with Crippen molar-refractivity contribution in [1.29, 1.82) is 0 Å². The first-order valence-electron chi connectivity index (χ1n) is 5.00. The summed E-state index contributed by atoms with van der Waals surface area (Å²) < 4.78 is 0. The molecule has 0 unspecified atom stereocenters. The topological polar surface area (TPSA) is 56.0 Å². The monoisotopic (exact) mass is 212 g/mol. The number of carbonyl (C=O) groups is 1. The van der Waals surface area contributed by atoms with Gasteiger partial charge < -0.3 is 5.73 Å². The van der Waals surface area contributed by atoms with Crippen molar-refractivity contribution in [2.45, 2.75) is 6.92 Å². The van der Waals surface area contributed by atoms with Crippen molar-refractivity contribution in [3.05, 3.63) is 59.4 Å². The van der Waals surface area contributed by atoms with Crippen molar-refractivity contribution in [2.75, 3.05) is 5.73 Å². The normalized spacial score (nSPS) is 10.1. The minimum atomic E-state index is -0.137. The van der Waals surface area contributed by atoms with Crippen molar-refractivity contribution in [2.24, 2.45) is 0 Å². The molecule has 0 atom stereocenters. The number of anilines is 1. The number of aromatic nitrogens is 1. The van der Waals surface area contributed by atoms with Crippen LogP contribution in [0.4, 0.5) is 5.69 Å². The Morgan fingerprint density at radius 2 is 2.06 bits per heavy atom. The summed E-state index contributed by atoms with van der Waals surface area (Å²) in [5, 5.41) is 0. The summed E-state index contributed by atoms with van der Waals surface area (Å²) in [6.45, 7) is 1.94. The molecule has 0 saturated carbocycles. The maximum absolute atomic E-state index is 12.1. The van der Waals surface area contributed by atoms with Gasteiger partial charge in [0.25, 0.3) is 0 Å². The molecule has 1 heterocycles. The predicted molar refractivity (Wildman–Crippen MR) is 63.3 cm³/mol. The van der Waals surface area contributed by atoms with Gasteiger partial charge in [0.1, 0.15) is 5.69 Å². The van der Waals surface area contributed by atoms with Crippen LogP contribution in [0.3, 0.4) is 0 Å². The summed E-state index contributed by atoms with van der Waals surface area (Å²) in [5.74, 6) is -0.137. The standard InChI is InChI=1S/C13H12N2O/c1-9-4-2-5-10(8-9)13(16)12-11(14)6-3-7-15-12/h2-8H,14H2,1H3. The molecular formula is C13H12N2O. The van der Waals surface area contributed by atoms with Gasteiger partial charge in [0.05, 0.1) is 5.69 Å². The molecule has 0 spiro atoms. The molecule has 0 saturated heterocycles. The lowest BCUT2D eigenvalue weighted by Crippen LogP contribution is -2.07. The fourth-order valence-corrected chi connectivity index (χ4v) is 1.53. The average Bonchev–Trinajstić information content (AvgIpc) is 2.29. The second kappa shape index (κ2) is 4.14. The molecule has 0 aliphatic carbocycles. The molecule has 80 valence electrons. The molecular weight excluding hydrogens is 200 g/mol. The van der Waals surface area contributed by atoms with Gasteiger partial charge >= 0.3 is 0 Å². The molecule has 0 bridgehead atoms. The lowest BCUT2D eigenvalue weighted by molar-refractivity contribution is 0.103. The Bertz CT molecular complexity index is 535. The van der Waals surface area contributed by atoms with Gasteiger partial charge in [-0.1, -0.05) is 23.8 Å². The third-order valence-electron chi connectivity index (χ3n) is 2.33. The maximum Gasteiger partial charge on any atom is 0.213 e. The largest absolute Gasteiger partial charge is 0.397 e. The molecule has 16 heavy (non-hydrogen) atoms. The Morgan fingerprint density at radius 3 is 2.75 bits per heavy atom. The van der Waals surface area contributed by atoms with E-state index in [0.717, 1.165) is 5.56 Å². The van der Waals surface area contributed by atoms with Crippen LogP contribution < -0.4 is 5.73 Å². The molecule has 0 fully saturated rings. The summed E-state index contributed by atoms with van der Waals surface area (Å²) in [4.78, 5) is 16.1. The minimum absolute atomic E-state index is 0.137. The second-order valence-corrected chi connectivity index (χ2v) is 3.64. The number of hydrogen-bond donors (Lipinski definition) is 1. The number of nitrogens with two attached hydrogens (primary N) is 1. The molecule has 0 aliphatic heterocycles. The second-order valence-electron chi connectivity index (χ2n) is 3.64. The van der Waals surface area contributed by atoms with Crippen LogP contribution in [0.2, 0.25) is 0 Å². The van der Waals surface area contributed by atoms with Crippen LogP contribution in [-0.2, 0) is 0 Å². The number of nitrogens with zero attached hydrogens (tertiary/aromatic N) is 1. The van der Waals surface area contributed by atoms with E-state index >= 15 is 0 Å². The molecule has 1 aromatic heterocycles. The molecule has 3 nitrogen and oxygen atoms in total. The van der Waals surface area contributed by atoms with Crippen LogP contribution in [0.1, 0.15) is 21.6 Å². The SMILES string of the molecule is Cc1cccc(C(=O)c2ncccc2N)c1. The van der Waals surface area contributed by atoms with Gasteiger partial charge in [-0.15, -0.1) is 0 Å². The Kier molecular flexibility index (Phi) is 2.68. The molecule has 0 radical (unpaired) electrons. The number of benzene rings is 1. The van der Waals surface area contributed by atoms with E-state index < -0.39 is 0 Å². The molecule has 0 aliphatic rings. The Labute approximate surface area is 93.9 Å². The smallest absolute Gasteiger partial charge is 0.213 e. The summed E-state index contributed by atoms with van der Waals surface area (Å²) in [5.41, 5.74) is 8.10. The summed E-state index contributed by atoms with van der Waals surface area (Å²) in [6, 6.07) is 10.8. The first-order valence-corrected chi connectivity index (χ1v) is 5.00. The van der Waals surface area contributed by atoms with Gasteiger partial charge in [-0.3, -0.25) is 9.78 Å². The van der Waals surface area contributed by atoms with E-state index in [2.05, 4.69) is 4.98 Å². The average molecular weight is 212 g/mol. The summed E-state index contributed by atoms with van der Waals surface area (Å²) in [7, 11) is 0. The third kappa shape index (κ3) is 1.93. The van der Waals surface area contributed by atoms with E-state index in [1.165, 1.54) is 0 Å². The van der Waals surface area contributed by atoms with Crippen molar-refractivity contribution < 1.29 is 4.79 Å². The number of carbonyl (C=O) groups excluding carboxylic acids is 1. The van der Waals surface area contributed by atoms with Gasteiger partial charge in [-0.25, -0.2) is 0 Å². The number of rotatable bonds is 2. The predicted octanol–water partition coefficient (Wildman–Crippen LogP) is 2.20. The van der Waals surface area contributed by atoms with E-state index in [-0.39, 0.29) is 5.78 Å². The summed E-state index contributed by atoms with van der Waals surface area (Å²) >= 11 is 0. The van der Waals surface area contributed by atoms with Crippen molar-refractivity contribution >= 4 is 11.5 Å². The van der Waals surface area contributed by atoms with Crippen LogP contribution in [0.5, 0.6) is 0 Å². The zero-order valence-corrected chi connectivity index (χ0v) is 8.97. The van der Waals surface area contributed by atoms with Crippen LogP contribution in [0.15, 0.2) is 42.6 Å². The highest BCUT2D eigenvalue weighted by Gasteiger charge is 2.12. The van der Waals surface area contributed by atoms with E-state index in [1.807, 2.05) is 25.1 Å². The lowest BCUT2D eigenvalue weighted by Gasteiger charge is -2.03. The van der Waals surface area contributed by atoms with Crippen LogP contribution in [0.25, 0.3) is 0 Å². The van der Waals surface area contributed by atoms with Gasteiger partial charge in [-0.2, -0.15) is 0 Å². The van der Waals surface area contributed by atoms with Crippen LogP contribution in [-0.4, -0.2) is 10.8 Å². The quantitative estimate of drug-likeness (QED) is 0.776. The number of nitrogen functional groups attached to an aromatic ring is 1. The minimum Gasteiger partial charge on any atom is -0.397 e. The first-order chi connectivity index (χ1) is 7.68. The molecule has 2 rings (SSSR count). The molecule has 3 heteroatoms. The number of aryl methyl sites for hydroxylation is 1. The van der Waals surface area contributed by atoms with E-state index in [4.69, 9.17) is 5.73 Å². The molecule has 0 amide bonds. The highest BCUT2D eigenvalue weighted by Crippen LogP contribution is 2.14. The molecule has 2 aromatic rings. The number of pyridine rings is 1. The van der Waals surface area contributed by atoms with E-state index in [0.29, 0.717) is 16.9 Å².